The van der Waals surface area contributed by atoms with Crippen LogP contribution in [0.1, 0.15) is 30.6 Å². The maximum Gasteiger partial charge on any atom is 0.255 e. The quantitative estimate of drug-likeness (QED) is 0.804. The zero-order chi connectivity index (χ0) is 13.4. The monoisotopic (exact) mass is 286 g/mol. The highest BCUT2D eigenvalue weighted by Gasteiger charge is 2.31. The van der Waals surface area contributed by atoms with Gasteiger partial charge in [-0.15, -0.1) is 0 Å². The fraction of sp³-hybridized carbons (Fsp3) is 0.462. The number of nitrogens with two attached hydrogens (primary N) is 1. The highest BCUT2D eigenvalue weighted by Crippen LogP contribution is 2.32. The molecule has 2 rings (SSSR count). The first-order valence-corrected chi connectivity index (χ1v) is 6.71. The van der Waals surface area contributed by atoms with E-state index in [4.69, 9.17) is 28.9 Å². The van der Waals surface area contributed by atoms with Crippen LogP contribution in [0.25, 0.3) is 0 Å². The molecule has 1 saturated heterocycles. The van der Waals surface area contributed by atoms with Gasteiger partial charge in [0.25, 0.3) is 5.91 Å². The zero-order valence-electron chi connectivity index (χ0n) is 10.4. The van der Waals surface area contributed by atoms with Crippen LogP contribution in [0, 0.1) is 5.92 Å². The van der Waals surface area contributed by atoms with Crippen molar-refractivity contribution in [3.63, 3.8) is 0 Å². The number of amides is 1. The average Bonchev–Trinajstić information content (AvgIpc) is 2.62. The topological polar surface area (TPSA) is 46.3 Å². The van der Waals surface area contributed by atoms with Gasteiger partial charge in [-0.05, 0) is 31.4 Å². The minimum atomic E-state index is -0.0916. The molecule has 0 bridgehead atoms. The third kappa shape index (κ3) is 2.43. The van der Waals surface area contributed by atoms with Crippen LogP contribution in [0.5, 0.6) is 0 Å². The summed E-state index contributed by atoms with van der Waals surface area (Å²) >= 11 is 12.0. The molecule has 0 radical (unpaired) electrons. The Balaban J connectivity index is 2.35. The van der Waals surface area contributed by atoms with Gasteiger partial charge in [0.05, 0.1) is 15.6 Å². The van der Waals surface area contributed by atoms with Crippen molar-refractivity contribution >= 4 is 34.8 Å². The van der Waals surface area contributed by atoms with Crippen LogP contribution in [0.2, 0.25) is 10.0 Å². The number of carbonyl (C=O) groups is 1. The number of hydrogen-bond acceptors (Lipinski definition) is 2. The van der Waals surface area contributed by atoms with E-state index < -0.39 is 0 Å². The van der Waals surface area contributed by atoms with E-state index in [1.807, 2.05) is 11.8 Å². The summed E-state index contributed by atoms with van der Waals surface area (Å²) in [6, 6.07) is 3.37. The van der Waals surface area contributed by atoms with Crippen molar-refractivity contribution in [2.45, 2.75) is 26.3 Å². The van der Waals surface area contributed by atoms with Crippen LogP contribution in [0.15, 0.2) is 12.1 Å². The van der Waals surface area contributed by atoms with Crippen LogP contribution >= 0.6 is 23.2 Å². The van der Waals surface area contributed by atoms with Gasteiger partial charge in [0.1, 0.15) is 0 Å². The lowest BCUT2D eigenvalue weighted by Crippen LogP contribution is -2.34. The van der Waals surface area contributed by atoms with E-state index in [0.29, 0.717) is 22.2 Å². The summed E-state index contributed by atoms with van der Waals surface area (Å²) in [4.78, 5) is 14.3. The third-order valence-corrected chi connectivity index (χ3v) is 4.13. The van der Waals surface area contributed by atoms with Crippen molar-refractivity contribution in [2.75, 3.05) is 12.3 Å². The normalized spacial score (nSPS) is 23.4. The van der Waals surface area contributed by atoms with Crippen LogP contribution < -0.4 is 5.73 Å². The molecule has 2 unspecified atom stereocenters. The van der Waals surface area contributed by atoms with Crippen molar-refractivity contribution < 1.29 is 4.79 Å². The van der Waals surface area contributed by atoms with E-state index in [-0.39, 0.29) is 17.0 Å². The van der Waals surface area contributed by atoms with Crippen LogP contribution in [0.4, 0.5) is 5.69 Å². The lowest BCUT2D eigenvalue weighted by atomic mass is 10.1. The standard InChI is InChI=1S/C13H16Cl2N2O/c1-7-3-8(2)17(6-7)13(18)10-4-9(16)5-11(14)12(10)15/h4-5,7-8H,3,6,16H2,1-2H3. The summed E-state index contributed by atoms with van der Waals surface area (Å²) in [6.07, 6.45) is 1.01. The van der Waals surface area contributed by atoms with Gasteiger partial charge >= 0.3 is 0 Å². The summed E-state index contributed by atoms with van der Waals surface area (Å²) in [5, 5.41) is 0.600. The van der Waals surface area contributed by atoms with Crippen molar-refractivity contribution in [2.24, 2.45) is 5.92 Å². The van der Waals surface area contributed by atoms with E-state index in [0.717, 1.165) is 13.0 Å². The summed E-state index contributed by atoms with van der Waals surface area (Å²) < 4.78 is 0. The summed E-state index contributed by atoms with van der Waals surface area (Å²) in [7, 11) is 0. The Kier molecular flexibility index (Phi) is 3.74. The van der Waals surface area contributed by atoms with Gasteiger partial charge in [0.2, 0.25) is 0 Å². The third-order valence-electron chi connectivity index (χ3n) is 3.33. The summed E-state index contributed by atoms with van der Waals surface area (Å²) in [6.45, 7) is 4.93. The number of hydrogen-bond donors (Lipinski definition) is 1. The maximum atomic E-state index is 12.5. The predicted octanol–water partition coefficient (Wildman–Crippen LogP) is 3.45. The van der Waals surface area contributed by atoms with Crippen molar-refractivity contribution in [1.82, 2.24) is 4.90 Å². The van der Waals surface area contributed by atoms with Gasteiger partial charge in [-0.3, -0.25) is 4.79 Å². The highest BCUT2D eigenvalue weighted by molar-refractivity contribution is 6.44. The van der Waals surface area contributed by atoms with E-state index in [2.05, 4.69) is 6.92 Å². The first-order valence-electron chi connectivity index (χ1n) is 5.95. The molecule has 1 heterocycles. The van der Waals surface area contributed by atoms with Crippen LogP contribution in [-0.2, 0) is 0 Å². The minimum Gasteiger partial charge on any atom is -0.399 e. The molecule has 1 amide bonds. The molecule has 1 aliphatic rings. The smallest absolute Gasteiger partial charge is 0.255 e. The molecule has 98 valence electrons. The Hall–Kier alpha value is -0.930. The Morgan fingerprint density at radius 3 is 2.61 bits per heavy atom. The SMILES string of the molecule is CC1CC(C)N(C(=O)c2cc(N)cc(Cl)c2Cl)C1. The van der Waals surface area contributed by atoms with Gasteiger partial charge < -0.3 is 10.6 Å². The Morgan fingerprint density at radius 1 is 1.39 bits per heavy atom. The number of nitrogen functional groups attached to an aromatic ring is 1. The average molecular weight is 287 g/mol. The number of anilines is 1. The fourth-order valence-corrected chi connectivity index (χ4v) is 2.92. The van der Waals surface area contributed by atoms with E-state index >= 15 is 0 Å². The van der Waals surface area contributed by atoms with Crippen LogP contribution in [-0.4, -0.2) is 23.4 Å². The molecule has 0 aromatic heterocycles. The number of likely N-dealkylation sites (tertiary alicyclic amines) is 1. The lowest BCUT2D eigenvalue weighted by molar-refractivity contribution is 0.0744. The largest absolute Gasteiger partial charge is 0.399 e. The summed E-state index contributed by atoms with van der Waals surface area (Å²) in [5.74, 6) is 0.422. The maximum absolute atomic E-state index is 12.5. The van der Waals surface area contributed by atoms with Crippen molar-refractivity contribution in [3.8, 4) is 0 Å². The molecule has 1 aromatic carbocycles. The highest BCUT2D eigenvalue weighted by atomic mass is 35.5. The Labute approximate surface area is 117 Å². The molecule has 0 aliphatic carbocycles. The van der Waals surface area contributed by atoms with Gasteiger partial charge in [-0.2, -0.15) is 0 Å². The zero-order valence-corrected chi connectivity index (χ0v) is 11.9. The number of halogens is 2. The van der Waals surface area contributed by atoms with Gasteiger partial charge in [-0.25, -0.2) is 0 Å². The van der Waals surface area contributed by atoms with Gasteiger partial charge in [0, 0.05) is 18.3 Å². The molecule has 5 heteroatoms. The lowest BCUT2D eigenvalue weighted by Gasteiger charge is -2.22. The second kappa shape index (κ2) is 4.98. The van der Waals surface area contributed by atoms with Gasteiger partial charge in [0.15, 0.2) is 0 Å². The van der Waals surface area contributed by atoms with Crippen LogP contribution in [0.3, 0.4) is 0 Å². The second-order valence-electron chi connectivity index (χ2n) is 5.01. The van der Waals surface area contributed by atoms with Crippen molar-refractivity contribution in [3.05, 3.63) is 27.7 Å². The second-order valence-corrected chi connectivity index (χ2v) is 5.80. The van der Waals surface area contributed by atoms with E-state index in [9.17, 15) is 4.79 Å². The molecule has 18 heavy (non-hydrogen) atoms. The minimum absolute atomic E-state index is 0.0916. The fourth-order valence-electron chi connectivity index (χ4n) is 2.50. The first-order chi connectivity index (χ1) is 8.40. The molecule has 2 N–H and O–H groups in total. The molecule has 1 fully saturated rings. The molecule has 0 saturated carbocycles. The molecule has 2 atom stereocenters. The molecule has 0 spiro atoms. The van der Waals surface area contributed by atoms with E-state index in [1.54, 1.807) is 12.1 Å². The number of carbonyl (C=O) groups excluding carboxylic acids is 1. The Morgan fingerprint density at radius 2 is 2.06 bits per heavy atom. The molecule has 1 aliphatic heterocycles. The van der Waals surface area contributed by atoms with E-state index in [1.165, 1.54) is 0 Å². The summed E-state index contributed by atoms with van der Waals surface area (Å²) in [5.41, 5.74) is 6.56. The first kappa shape index (κ1) is 13.5. The molecule has 1 aromatic rings. The molecular formula is C13H16Cl2N2O. The van der Waals surface area contributed by atoms with Gasteiger partial charge in [-0.1, -0.05) is 30.1 Å². The number of rotatable bonds is 1. The molecule has 3 nitrogen and oxygen atoms in total. The molecular weight excluding hydrogens is 271 g/mol. The predicted molar refractivity (Wildman–Crippen MR) is 75.2 cm³/mol. The number of benzene rings is 1. The number of nitrogens with zero attached hydrogens (tertiary/aromatic N) is 1. The Bertz CT molecular complexity index is 490. The van der Waals surface area contributed by atoms with Crippen molar-refractivity contribution in [1.29, 1.82) is 0 Å².